The third-order valence-electron chi connectivity index (χ3n) is 5.03. The van der Waals surface area contributed by atoms with Crippen LogP contribution in [0.4, 0.5) is 0 Å². The quantitative estimate of drug-likeness (QED) is 0.742. The number of hydrogen-bond acceptors (Lipinski definition) is 6. The average Bonchev–Trinajstić information content (AvgIpc) is 2.76. The van der Waals surface area contributed by atoms with E-state index in [0.717, 1.165) is 11.1 Å². The van der Waals surface area contributed by atoms with Crippen LogP contribution >= 0.6 is 0 Å². The summed E-state index contributed by atoms with van der Waals surface area (Å²) in [6.45, 7) is 4.64. The van der Waals surface area contributed by atoms with Gasteiger partial charge in [0.2, 0.25) is 0 Å². The molecule has 2 aromatic carbocycles. The van der Waals surface area contributed by atoms with Crippen LogP contribution < -0.4 is 23.7 Å². The van der Waals surface area contributed by atoms with Gasteiger partial charge in [0.05, 0.1) is 41.1 Å². The second kappa shape index (κ2) is 8.34. The van der Waals surface area contributed by atoms with Crippen molar-refractivity contribution >= 4 is 11.6 Å². The molecule has 1 aliphatic rings. The van der Waals surface area contributed by atoms with Gasteiger partial charge in [-0.3, -0.25) is 4.79 Å². The molecule has 154 valence electrons. The summed E-state index contributed by atoms with van der Waals surface area (Å²) in [5.41, 5.74) is 2.86. The Balaban J connectivity index is 2.01. The molecule has 0 spiro atoms. The number of ether oxygens (including phenoxy) is 5. The predicted octanol–water partition coefficient (Wildman–Crippen LogP) is 3.40. The lowest BCUT2D eigenvalue weighted by Gasteiger charge is -2.32. The van der Waals surface area contributed by atoms with Gasteiger partial charge in [-0.25, -0.2) is 0 Å². The monoisotopic (exact) mass is 399 g/mol. The summed E-state index contributed by atoms with van der Waals surface area (Å²) in [6, 6.07) is 7.04. The topological polar surface area (TPSA) is 66.5 Å². The van der Waals surface area contributed by atoms with E-state index in [4.69, 9.17) is 23.7 Å². The fourth-order valence-corrected chi connectivity index (χ4v) is 3.48. The minimum Gasteiger partial charge on any atom is -0.496 e. The van der Waals surface area contributed by atoms with Crippen molar-refractivity contribution in [3.05, 3.63) is 47.5 Å². The molecular formula is C22H25NO6. The summed E-state index contributed by atoms with van der Waals surface area (Å²) < 4.78 is 26.9. The lowest BCUT2D eigenvalue weighted by Crippen LogP contribution is -2.35. The fraction of sp³-hybridized carbons (Fsp3) is 0.318. The summed E-state index contributed by atoms with van der Waals surface area (Å²) in [5, 5.41) is 0. The van der Waals surface area contributed by atoms with Gasteiger partial charge in [0.1, 0.15) is 5.75 Å². The highest BCUT2D eigenvalue weighted by atomic mass is 16.5. The van der Waals surface area contributed by atoms with Crippen molar-refractivity contribution in [2.45, 2.75) is 6.42 Å². The first-order valence-corrected chi connectivity index (χ1v) is 9.05. The van der Waals surface area contributed by atoms with Crippen LogP contribution in [0.3, 0.4) is 0 Å². The smallest absolute Gasteiger partial charge is 0.262 e. The molecule has 0 atom stereocenters. The van der Waals surface area contributed by atoms with Crippen LogP contribution in [0.25, 0.3) is 5.70 Å². The minimum absolute atomic E-state index is 0.228. The molecule has 0 radical (unpaired) electrons. The van der Waals surface area contributed by atoms with Crippen molar-refractivity contribution in [2.75, 3.05) is 42.1 Å². The Labute approximate surface area is 170 Å². The normalized spacial score (nSPS) is 12.9. The molecular weight excluding hydrogens is 374 g/mol. The van der Waals surface area contributed by atoms with E-state index in [2.05, 4.69) is 6.58 Å². The molecule has 2 aromatic rings. The van der Waals surface area contributed by atoms with E-state index >= 15 is 0 Å². The van der Waals surface area contributed by atoms with Gasteiger partial charge in [0.25, 0.3) is 5.91 Å². The number of amides is 1. The highest BCUT2D eigenvalue weighted by Crippen LogP contribution is 2.39. The summed E-state index contributed by atoms with van der Waals surface area (Å²) in [5.74, 6) is 2.35. The first-order valence-electron chi connectivity index (χ1n) is 9.05. The predicted molar refractivity (Wildman–Crippen MR) is 109 cm³/mol. The molecule has 1 heterocycles. The molecule has 0 N–H and O–H groups in total. The third kappa shape index (κ3) is 3.55. The van der Waals surface area contributed by atoms with Gasteiger partial charge in [0, 0.05) is 29.9 Å². The van der Waals surface area contributed by atoms with Crippen LogP contribution in [0.5, 0.6) is 28.7 Å². The number of methoxy groups -OCH3 is 5. The Morgan fingerprint density at radius 3 is 1.90 bits per heavy atom. The zero-order valence-corrected chi connectivity index (χ0v) is 17.3. The Kier molecular flexibility index (Phi) is 5.87. The average molecular weight is 399 g/mol. The fourth-order valence-electron chi connectivity index (χ4n) is 3.48. The Hall–Kier alpha value is -3.35. The van der Waals surface area contributed by atoms with Gasteiger partial charge in [0.15, 0.2) is 23.0 Å². The molecule has 29 heavy (non-hydrogen) atoms. The van der Waals surface area contributed by atoms with Crippen LogP contribution in [0.15, 0.2) is 30.8 Å². The van der Waals surface area contributed by atoms with E-state index in [9.17, 15) is 4.79 Å². The van der Waals surface area contributed by atoms with Crippen molar-refractivity contribution < 1.29 is 28.5 Å². The zero-order chi connectivity index (χ0) is 21.1. The molecule has 0 aliphatic carbocycles. The maximum absolute atomic E-state index is 13.4. The van der Waals surface area contributed by atoms with Crippen molar-refractivity contribution in [3.8, 4) is 28.7 Å². The van der Waals surface area contributed by atoms with E-state index in [-0.39, 0.29) is 5.91 Å². The van der Waals surface area contributed by atoms with Gasteiger partial charge >= 0.3 is 0 Å². The van der Waals surface area contributed by atoms with Crippen LogP contribution in [0, 0.1) is 0 Å². The second-order valence-corrected chi connectivity index (χ2v) is 6.43. The number of hydrogen-bond donors (Lipinski definition) is 0. The van der Waals surface area contributed by atoms with Crippen LogP contribution in [-0.4, -0.2) is 52.9 Å². The molecule has 0 aromatic heterocycles. The molecule has 1 amide bonds. The van der Waals surface area contributed by atoms with Gasteiger partial charge in [-0.1, -0.05) is 6.58 Å². The first kappa shape index (κ1) is 20.4. The number of carbonyl (C=O) groups excluding carboxylic acids is 1. The lowest BCUT2D eigenvalue weighted by molar-refractivity contribution is 0.0829. The summed E-state index contributed by atoms with van der Waals surface area (Å²) in [6.07, 6.45) is 0.663. The minimum atomic E-state index is -0.228. The first-order chi connectivity index (χ1) is 14.0. The molecule has 0 saturated heterocycles. The third-order valence-corrected chi connectivity index (χ3v) is 5.03. The van der Waals surface area contributed by atoms with Gasteiger partial charge in [-0.2, -0.15) is 0 Å². The Morgan fingerprint density at radius 2 is 1.31 bits per heavy atom. The van der Waals surface area contributed by atoms with Crippen LogP contribution in [0.1, 0.15) is 21.5 Å². The number of rotatable bonds is 6. The molecule has 7 heteroatoms. The van der Waals surface area contributed by atoms with Crippen molar-refractivity contribution in [1.82, 2.24) is 4.90 Å². The van der Waals surface area contributed by atoms with E-state index in [1.165, 1.54) is 21.3 Å². The standard InChI is InChI=1S/C22H25NO6/c1-13-15-10-19(27-4)18(26-3)9-14(15)7-8-23(13)22(24)16-11-20(28-5)21(29-6)12-17(16)25-2/h9-12H,1,7-8H2,2-6H3. The maximum atomic E-state index is 13.4. The molecule has 1 aliphatic heterocycles. The number of benzene rings is 2. The number of carbonyl (C=O) groups is 1. The molecule has 0 unspecified atom stereocenters. The van der Waals surface area contributed by atoms with E-state index in [1.807, 2.05) is 12.1 Å². The molecule has 0 fully saturated rings. The highest BCUT2D eigenvalue weighted by Gasteiger charge is 2.29. The number of fused-ring (bicyclic) bond motifs is 1. The van der Waals surface area contributed by atoms with Crippen LogP contribution in [0.2, 0.25) is 0 Å². The largest absolute Gasteiger partial charge is 0.496 e. The Bertz CT molecular complexity index is 953. The molecule has 0 saturated carbocycles. The molecule has 3 rings (SSSR count). The number of nitrogens with zero attached hydrogens (tertiary/aromatic N) is 1. The van der Waals surface area contributed by atoms with Crippen molar-refractivity contribution in [1.29, 1.82) is 0 Å². The molecule has 7 nitrogen and oxygen atoms in total. The van der Waals surface area contributed by atoms with E-state index in [1.54, 1.807) is 31.3 Å². The van der Waals surface area contributed by atoms with Gasteiger partial charge in [-0.05, 0) is 24.1 Å². The summed E-state index contributed by atoms with van der Waals surface area (Å²) >= 11 is 0. The van der Waals surface area contributed by atoms with Crippen molar-refractivity contribution in [3.63, 3.8) is 0 Å². The van der Waals surface area contributed by atoms with Crippen molar-refractivity contribution in [2.24, 2.45) is 0 Å². The van der Waals surface area contributed by atoms with Crippen LogP contribution in [-0.2, 0) is 6.42 Å². The second-order valence-electron chi connectivity index (χ2n) is 6.43. The van der Waals surface area contributed by atoms with Gasteiger partial charge < -0.3 is 28.6 Å². The highest BCUT2D eigenvalue weighted by molar-refractivity contribution is 6.02. The van der Waals surface area contributed by atoms with E-state index in [0.29, 0.717) is 53.0 Å². The lowest BCUT2D eigenvalue weighted by atomic mass is 9.95. The maximum Gasteiger partial charge on any atom is 0.262 e. The zero-order valence-electron chi connectivity index (χ0n) is 17.3. The van der Waals surface area contributed by atoms with E-state index < -0.39 is 0 Å². The molecule has 0 bridgehead atoms. The SMILES string of the molecule is C=C1c2cc(OC)c(OC)cc2CCN1C(=O)c1cc(OC)c(OC)cc1OC. The Morgan fingerprint density at radius 1 is 0.793 bits per heavy atom. The summed E-state index contributed by atoms with van der Waals surface area (Å²) in [4.78, 5) is 15.0. The summed E-state index contributed by atoms with van der Waals surface area (Å²) in [7, 11) is 7.74. The van der Waals surface area contributed by atoms with Gasteiger partial charge in [-0.15, -0.1) is 0 Å².